The monoisotopic (exact) mass is 329 g/mol. The first-order chi connectivity index (χ1) is 8.77. The van der Waals surface area contributed by atoms with Crippen molar-refractivity contribution >= 4 is 21.9 Å². The molecule has 106 valence electrons. The van der Waals surface area contributed by atoms with E-state index in [-0.39, 0.29) is 18.6 Å². The minimum absolute atomic E-state index is 0.135. The summed E-state index contributed by atoms with van der Waals surface area (Å²) in [7, 11) is 1.37. The molecule has 0 spiro atoms. The lowest BCUT2D eigenvalue weighted by atomic mass is 9.95. The first-order valence-corrected chi connectivity index (χ1v) is 6.83. The Morgan fingerprint density at radius 3 is 2.63 bits per heavy atom. The van der Waals surface area contributed by atoms with Gasteiger partial charge in [0.1, 0.15) is 12.4 Å². The number of rotatable bonds is 5. The molecule has 0 aliphatic heterocycles. The number of hydrogen-bond donors (Lipinski definition) is 1. The summed E-state index contributed by atoms with van der Waals surface area (Å²) in [5.74, 6) is 0.381. The second-order valence-electron chi connectivity index (χ2n) is 5.13. The third-order valence-corrected chi connectivity index (χ3v) is 3.29. The molecule has 4 nitrogen and oxygen atoms in total. The molecule has 0 bridgehead atoms. The summed E-state index contributed by atoms with van der Waals surface area (Å²) in [6, 6.07) is 5.54. The number of carbonyl (C=O) groups is 1. The van der Waals surface area contributed by atoms with E-state index in [0.29, 0.717) is 5.75 Å². The third-order valence-electron chi connectivity index (χ3n) is 2.79. The summed E-state index contributed by atoms with van der Waals surface area (Å²) in [6.45, 7) is 5.68. The summed E-state index contributed by atoms with van der Waals surface area (Å²) in [6.07, 6.45) is 0. The van der Waals surface area contributed by atoms with Crippen LogP contribution in [0.2, 0.25) is 0 Å². The van der Waals surface area contributed by atoms with Crippen molar-refractivity contribution in [3.63, 3.8) is 0 Å². The minimum atomic E-state index is -0.702. The van der Waals surface area contributed by atoms with Gasteiger partial charge in [0.25, 0.3) is 0 Å². The number of carbonyl (C=O) groups excluding carboxylic acids is 1. The van der Waals surface area contributed by atoms with Gasteiger partial charge in [-0.05, 0) is 32.9 Å². The highest BCUT2D eigenvalue weighted by Gasteiger charge is 2.30. The summed E-state index contributed by atoms with van der Waals surface area (Å²) in [5, 5.41) is 0. The van der Waals surface area contributed by atoms with Crippen molar-refractivity contribution in [2.24, 2.45) is 11.1 Å². The molecule has 0 aliphatic rings. The van der Waals surface area contributed by atoms with Crippen LogP contribution in [-0.4, -0.2) is 19.7 Å². The molecule has 0 amide bonds. The van der Waals surface area contributed by atoms with Crippen molar-refractivity contribution in [2.45, 2.75) is 26.8 Å². The van der Waals surface area contributed by atoms with E-state index in [0.717, 1.165) is 10.0 Å². The van der Waals surface area contributed by atoms with Crippen molar-refractivity contribution in [1.82, 2.24) is 0 Å². The highest BCUT2D eigenvalue weighted by atomic mass is 79.9. The number of halogens is 1. The van der Waals surface area contributed by atoms with Crippen molar-refractivity contribution in [2.75, 3.05) is 13.7 Å². The lowest BCUT2D eigenvalue weighted by Gasteiger charge is -2.23. The van der Waals surface area contributed by atoms with Crippen molar-refractivity contribution in [3.05, 3.63) is 28.2 Å². The third kappa shape index (κ3) is 4.21. The lowest BCUT2D eigenvalue weighted by Crippen LogP contribution is -2.32. The van der Waals surface area contributed by atoms with Gasteiger partial charge in [-0.2, -0.15) is 0 Å². The van der Waals surface area contributed by atoms with Crippen LogP contribution in [0, 0.1) is 5.41 Å². The van der Waals surface area contributed by atoms with E-state index in [1.165, 1.54) is 7.11 Å². The molecular formula is C14H20BrNO3. The van der Waals surface area contributed by atoms with Gasteiger partial charge in [0, 0.05) is 16.1 Å². The maximum Gasteiger partial charge on any atom is 0.314 e. The molecule has 1 aromatic rings. The molecule has 2 N–H and O–H groups in total. The minimum Gasteiger partial charge on any atom is -0.492 e. The first-order valence-electron chi connectivity index (χ1n) is 6.04. The number of esters is 1. The van der Waals surface area contributed by atoms with Crippen LogP contribution in [0.3, 0.4) is 0 Å². The summed E-state index contributed by atoms with van der Waals surface area (Å²) in [4.78, 5) is 11.6. The van der Waals surface area contributed by atoms with Crippen LogP contribution in [0.25, 0.3) is 0 Å². The van der Waals surface area contributed by atoms with E-state index < -0.39 is 5.41 Å². The molecule has 0 unspecified atom stereocenters. The normalized spacial score (nSPS) is 12.9. The van der Waals surface area contributed by atoms with Crippen LogP contribution in [0.4, 0.5) is 0 Å². The molecule has 1 rings (SSSR count). The zero-order valence-corrected chi connectivity index (χ0v) is 13.3. The molecular weight excluding hydrogens is 310 g/mol. The van der Waals surface area contributed by atoms with Gasteiger partial charge in [0.2, 0.25) is 0 Å². The van der Waals surface area contributed by atoms with E-state index in [9.17, 15) is 4.79 Å². The predicted molar refractivity (Wildman–Crippen MR) is 78.0 cm³/mol. The van der Waals surface area contributed by atoms with Crippen LogP contribution < -0.4 is 10.5 Å². The number of ether oxygens (including phenoxy) is 2. The smallest absolute Gasteiger partial charge is 0.314 e. The van der Waals surface area contributed by atoms with Gasteiger partial charge in [-0.25, -0.2) is 0 Å². The van der Waals surface area contributed by atoms with Gasteiger partial charge in [0.15, 0.2) is 0 Å². The van der Waals surface area contributed by atoms with Gasteiger partial charge >= 0.3 is 5.97 Å². The Kier molecular flexibility index (Phi) is 5.38. The van der Waals surface area contributed by atoms with Crippen LogP contribution in [0.5, 0.6) is 5.75 Å². The Morgan fingerprint density at radius 1 is 1.47 bits per heavy atom. The van der Waals surface area contributed by atoms with Crippen molar-refractivity contribution in [3.8, 4) is 5.75 Å². The maximum atomic E-state index is 11.6. The van der Waals surface area contributed by atoms with Crippen LogP contribution >= 0.6 is 15.9 Å². The maximum absolute atomic E-state index is 11.6. The second-order valence-corrected chi connectivity index (χ2v) is 6.05. The molecule has 1 aromatic carbocycles. The number of nitrogens with two attached hydrogens (primary N) is 1. The number of hydrogen-bond acceptors (Lipinski definition) is 4. The fraction of sp³-hybridized carbons (Fsp3) is 0.500. The Hall–Kier alpha value is -1.07. The largest absolute Gasteiger partial charge is 0.492 e. The predicted octanol–water partition coefficient (Wildman–Crippen LogP) is 3.05. The SMILES string of the molecule is COC(=O)C(C)(C)COc1cc(Br)ccc1[C@H](C)N. The average Bonchev–Trinajstić information content (AvgIpc) is 2.35. The van der Waals surface area contributed by atoms with E-state index in [4.69, 9.17) is 15.2 Å². The Bertz CT molecular complexity index is 458. The number of benzene rings is 1. The summed E-state index contributed by atoms with van der Waals surface area (Å²) < 4.78 is 11.4. The fourth-order valence-electron chi connectivity index (χ4n) is 1.60. The van der Waals surface area contributed by atoms with Gasteiger partial charge in [-0.1, -0.05) is 22.0 Å². The van der Waals surface area contributed by atoms with Crippen LogP contribution in [-0.2, 0) is 9.53 Å². The molecule has 0 saturated carbocycles. The van der Waals surface area contributed by atoms with Crippen LogP contribution in [0.15, 0.2) is 22.7 Å². The lowest BCUT2D eigenvalue weighted by molar-refractivity contribution is -0.152. The van der Waals surface area contributed by atoms with Gasteiger partial charge in [-0.15, -0.1) is 0 Å². The van der Waals surface area contributed by atoms with E-state index >= 15 is 0 Å². The molecule has 0 radical (unpaired) electrons. The molecule has 0 heterocycles. The molecule has 0 aliphatic carbocycles. The molecule has 0 aromatic heterocycles. The topological polar surface area (TPSA) is 61.5 Å². The molecule has 0 saturated heterocycles. The van der Waals surface area contributed by atoms with Crippen molar-refractivity contribution in [1.29, 1.82) is 0 Å². The van der Waals surface area contributed by atoms with E-state index in [2.05, 4.69) is 15.9 Å². The van der Waals surface area contributed by atoms with Gasteiger partial charge < -0.3 is 15.2 Å². The Balaban J connectivity index is 2.88. The highest BCUT2D eigenvalue weighted by molar-refractivity contribution is 9.10. The molecule has 5 heteroatoms. The molecule has 0 fully saturated rings. The highest BCUT2D eigenvalue weighted by Crippen LogP contribution is 2.29. The molecule has 1 atom stereocenters. The van der Waals surface area contributed by atoms with Gasteiger partial charge in [-0.3, -0.25) is 4.79 Å². The Morgan fingerprint density at radius 2 is 2.11 bits per heavy atom. The van der Waals surface area contributed by atoms with Crippen molar-refractivity contribution < 1.29 is 14.3 Å². The summed E-state index contributed by atoms with van der Waals surface area (Å²) in [5.41, 5.74) is 6.11. The summed E-state index contributed by atoms with van der Waals surface area (Å²) >= 11 is 3.40. The number of methoxy groups -OCH3 is 1. The Labute approximate surface area is 122 Å². The molecule has 19 heavy (non-hydrogen) atoms. The zero-order chi connectivity index (χ0) is 14.6. The van der Waals surface area contributed by atoms with E-state index in [1.54, 1.807) is 13.8 Å². The standard InChI is InChI=1S/C14H20BrNO3/c1-9(16)11-6-5-10(15)7-12(11)19-8-14(2,3)13(17)18-4/h5-7,9H,8,16H2,1-4H3/t9-/m0/s1. The quantitative estimate of drug-likeness (QED) is 0.843. The zero-order valence-electron chi connectivity index (χ0n) is 11.7. The first kappa shape index (κ1) is 16.0. The fourth-order valence-corrected chi connectivity index (χ4v) is 1.94. The van der Waals surface area contributed by atoms with Gasteiger partial charge in [0.05, 0.1) is 12.5 Å². The van der Waals surface area contributed by atoms with E-state index in [1.807, 2.05) is 25.1 Å². The second kappa shape index (κ2) is 6.39. The van der Waals surface area contributed by atoms with Crippen LogP contribution in [0.1, 0.15) is 32.4 Å². The average molecular weight is 330 g/mol.